The number of carbonyl (C=O) groups is 4. The maximum atomic E-state index is 13.0. The number of rotatable bonds is 66. The van der Waals surface area contributed by atoms with E-state index in [4.69, 9.17) is 37.0 Å². The van der Waals surface area contributed by atoms with Crippen LogP contribution in [0.5, 0.6) is 0 Å². The monoisotopic (exact) mass is 1270 g/mol. The zero-order valence-electron chi connectivity index (χ0n) is 55.6. The first-order valence-electron chi connectivity index (χ1n) is 35.0. The standard InChI is InChI=1S/C67H130O17P2/c1-7-10-12-14-16-18-25-33-39-45-51-66(71)83-62(55-77-64(69)49-43-37-31-23-17-15-13-11-8-2)57-81-85(73,74)79-53-61(68)54-80-86(75,76)82-58-63(56-78-65(70)50-44-38-32-28-27-30-36-42-48-60(6)9-3)84-67(72)52-46-40-34-26-22-20-19-21-24-29-35-41-47-59(4)5/h59-63,68H,7-58H2,1-6H3,(H,73,74)(H,75,76)/t60?,61-,62+,63+/m0/s1. The Kier molecular flexibility index (Phi) is 58.0. The van der Waals surface area contributed by atoms with Crippen LogP contribution in [0.2, 0.25) is 0 Å². The van der Waals surface area contributed by atoms with Crippen molar-refractivity contribution >= 4 is 39.5 Å². The molecule has 0 saturated carbocycles. The molecule has 0 radical (unpaired) electrons. The Balaban J connectivity index is 5.24. The SMILES string of the molecule is CCCCCCCCCCCCC(=O)O[C@H](COC(=O)CCCCCCCCCCC)COP(=O)(O)OC[C@H](O)COP(=O)(O)OC[C@@H](COC(=O)CCCCCCCCCCC(C)CC)OC(=O)CCCCCCCCCCCCCCC(C)C. The number of ether oxygens (including phenoxy) is 4. The molecule has 0 heterocycles. The second kappa shape index (κ2) is 59.4. The Morgan fingerprint density at radius 1 is 0.337 bits per heavy atom. The number of carbonyl (C=O) groups excluding carboxylic acids is 4. The highest BCUT2D eigenvalue weighted by molar-refractivity contribution is 7.47. The van der Waals surface area contributed by atoms with Crippen molar-refractivity contribution in [2.24, 2.45) is 11.8 Å². The number of esters is 4. The predicted molar refractivity (Wildman–Crippen MR) is 345 cm³/mol. The smallest absolute Gasteiger partial charge is 0.462 e. The van der Waals surface area contributed by atoms with Gasteiger partial charge in [-0.1, -0.05) is 286 Å². The summed E-state index contributed by atoms with van der Waals surface area (Å²) in [7, 11) is -9.89. The topological polar surface area (TPSA) is 237 Å². The molecule has 0 saturated heterocycles. The van der Waals surface area contributed by atoms with E-state index in [0.717, 1.165) is 102 Å². The minimum absolute atomic E-state index is 0.106. The fourth-order valence-corrected chi connectivity index (χ4v) is 11.6. The van der Waals surface area contributed by atoms with Gasteiger partial charge in [-0.15, -0.1) is 0 Å². The van der Waals surface area contributed by atoms with Crippen LogP contribution in [0.15, 0.2) is 0 Å². The number of hydrogen-bond donors (Lipinski definition) is 3. The molecule has 0 amide bonds. The first-order chi connectivity index (χ1) is 41.4. The molecule has 0 spiro atoms. The maximum Gasteiger partial charge on any atom is 0.472 e. The summed E-state index contributed by atoms with van der Waals surface area (Å²) in [4.78, 5) is 72.3. The molecule has 0 aromatic rings. The predicted octanol–water partition coefficient (Wildman–Crippen LogP) is 18.8. The summed E-state index contributed by atoms with van der Waals surface area (Å²) < 4.78 is 68.1. The van der Waals surface area contributed by atoms with Gasteiger partial charge in [0, 0.05) is 25.7 Å². The molecule has 0 aromatic heterocycles. The average molecular weight is 1270 g/mol. The van der Waals surface area contributed by atoms with E-state index >= 15 is 0 Å². The lowest BCUT2D eigenvalue weighted by Gasteiger charge is -2.21. The third-order valence-electron chi connectivity index (χ3n) is 15.8. The van der Waals surface area contributed by atoms with Crippen LogP contribution < -0.4 is 0 Å². The fraction of sp³-hybridized carbons (Fsp3) is 0.940. The lowest BCUT2D eigenvalue weighted by Crippen LogP contribution is -2.30. The highest BCUT2D eigenvalue weighted by Gasteiger charge is 2.30. The van der Waals surface area contributed by atoms with Crippen LogP contribution >= 0.6 is 15.6 Å². The van der Waals surface area contributed by atoms with Gasteiger partial charge < -0.3 is 33.8 Å². The third-order valence-corrected chi connectivity index (χ3v) is 17.7. The van der Waals surface area contributed by atoms with Gasteiger partial charge >= 0.3 is 39.5 Å². The minimum atomic E-state index is -4.95. The molecule has 3 N–H and O–H groups in total. The van der Waals surface area contributed by atoms with Crippen LogP contribution in [0.3, 0.4) is 0 Å². The van der Waals surface area contributed by atoms with Gasteiger partial charge in [-0.05, 0) is 37.5 Å². The number of phosphoric ester groups is 2. The Morgan fingerprint density at radius 2 is 0.593 bits per heavy atom. The first-order valence-corrected chi connectivity index (χ1v) is 38.0. The van der Waals surface area contributed by atoms with Gasteiger partial charge in [0.25, 0.3) is 0 Å². The van der Waals surface area contributed by atoms with Gasteiger partial charge in [0.1, 0.15) is 19.3 Å². The highest BCUT2D eigenvalue weighted by atomic mass is 31.2. The van der Waals surface area contributed by atoms with Crippen molar-refractivity contribution in [2.45, 2.75) is 355 Å². The second-order valence-corrected chi connectivity index (χ2v) is 27.8. The molecule has 0 bridgehead atoms. The van der Waals surface area contributed by atoms with Gasteiger partial charge in [0.15, 0.2) is 12.2 Å². The number of hydrogen-bond acceptors (Lipinski definition) is 15. The summed E-state index contributed by atoms with van der Waals surface area (Å²) in [6.07, 6.45) is 42.9. The summed E-state index contributed by atoms with van der Waals surface area (Å²) in [6, 6.07) is 0. The molecule has 19 heteroatoms. The van der Waals surface area contributed by atoms with Crippen LogP contribution in [0.25, 0.3) is 0 Å². The summed E-state index contributed by atoms with van der Waals surface area (Å²) in [5.74, 6) is -0.575. The number of aliphatic hydroxyl groups excluding tert-OH is 1. The summed E-state index contributed by atoms with van der Waals surface area (Å²) in [5, 5.41) is 10.6. The Labute approximate surface area is 524 Å². The highest BCUT2D eigenvalue weighted by Crippen LogP contribution is 2.45. The third kappa shape index (κ3) is 59.7. The van der Waals surface area contributed by atoms with Crippen molar-refractivity contribution in [2.75, 3.05) is 39.6 Å². The number of phosphoric acid groups is 2. The molecule has 0 rings (SSSR count). The van der Waals surface area contributed by atoms with Crippen molar-refractivity contribution in [3.8, 4) is 0 Å². The molecule has 0 aliphatic heterocycles. The molecule has 0 fully saturated rings. The lowest BCUT2D eigenvalue weighted by molar-refractivity contribution is -0.161. The molecule has 17 nitrogen and oxygen atoms in total. The Morgan fingerprint density at radius 3 is 0.884 bits per heavy atom. The summed E-state index contributed by atoms with van der Waals surface area (Å²) >= 11 is 0. The molecule has 0 aliphatic carbocycles. The van der Waals surface area contributed by atoms with E-state index in [1.165, 1.54) is 154 Å². The van der Waals surface area contributed by atoms with Crippen molar-refractivity contribution in [1.29, 1.82) is 0 Å². The van der Waals surface area contributed by atoms with E-state index < -0.39 is 97.5 Å². The van der Waals surface area contributed by atoms with E-state index in [0.29, 0.717) is 25.7 Å². The van der Waals surface area contributed by atoms with E-state index in [2.05, 4.69) is 41.5 Å². The molecule has 6 atom stereocenters. The van der Waals surface area contributed by atoms with Crippen molar-refractivity contribution in [3.63, 3.8) is 0 Å². The normalized spacial score (nSPS) is 14.5. The van der Waals surface area contributed by atoms with Crippen molar-refractivity contribution in [3.05, 3.63) is 0 Å². The first kappa shape index (κ1) is 84.1. The molecule has 0 aromatic carbocycles. The van der Waals surface area contributed by atoms with Crippen molar-refractivity contribution in [1.82, 2.24) is 0 Å². The van der Waals surface area contributed by atoms with Crippen LogP contribution in [-0.2, 0) is 65.4 Å². The van der Waals surface area contributed by atoms with Gasteiger partial charge in [0.05, 0.1) is 26.4 Å². The van der Waals surface area contributed by atoms with Crippen LogP contribution in [0, 0.1) is 11.8 Å². The maximum absolute atomic E-state index is 13.0. The molecule has 510 valence electrons. The van der Waals surface area contributed by atoms with Crippen molar-refractivity contribution < 1.29 is 80.2 Å². The quantitative estimate of drug-likeness (QED) is 0.0222. The van der Waals surface area contributed by atoms with E-state index in [9.17, 15) is 43.2 Å². The average Bonchev–Trinajstić information content (AvgIpc) is 3.70. The summed E-state index contributed by atoms with van der Waals surface area (Å²) in [5.41, 5.74) is 0. The van der Waals surface area contributed by atoms with Crippen LogP contribution in [0.4, 0.5) is 0 Å². The van der Waals surface area contributed by atoms with Crippen LogP contribution in [-0.4, -0.2) is 96.7 Å². The van der Waals surface area contributed by atoms with Gasteiger partial charge in [0.2, 0.25) is 0 Å². The number of unbranched alkanes of at least 4 members (excludes halogenated alkanes) is 35. The summed E-state index contributed by atoms with van der Waals surface area (Å²) in [6.45, 7) is 9.51. The van der Waals surface area contributed by atoms with Gasteiger partial charge in [-0.25, -0.2) is 9.13 Å². The Hall–Kier alpha value is -1.94. The fourth-order valence-electron chi connectivity index (χ4n) is 10.0. The van der Waals surface area contributed by atoms with E-state index in [1.54, 1.807) is 0 Å². The van der Waals surface area contributed by atoms with Gasteiger partial charge in [-0.2, -0.15) is 0 Å². The second-order valence-electron chi connectivity index (χ2n) is 24.9. The largest absolute Gasteiger partial charge is 0.472 e. The lowest BCUT2D eigenvalue weighted by atomic mass is 9.99. The number of aliphatic hydroxyl groups is 1. The van der Waals surface area contributed by atoms with Gasteiger partial charge in [-0.3, -0.25) is 37.3 Å². The van der Waals surface area contributed by atoms with E-state index in [-0.39, 0.29) is 25.7 Å². The molecular formula is C67H130O17P2. The van der Waals surface area contributed by atoms with E-state index in [1.807, 2.05) is 0 Å². The minimum Gasteiger partial charge on any atom is -0.462 e. The molecule has 86 heavy (non-hydrogen) atoms. The molecule has 0 aliphatic rings. The van der Waals surface area contributed by atoms with Crippen LogP contribution in [0.1, 0.15) is 337 Å². The Bertz CT molecular complexity index is 1690. The molecule has 3 unspecified atom stereocenters. The molecular weight excluding hydrogens is 1140 g/mol. The zero-order chi connectivity index (χ0) is 63.6. The zero-order valence-corrected chi connectivity index (χ0v) is 57.4.